The largest absolute Gasteiger partial charge is 0.491 e. The Morgan fingerprint density at radius 3 is 2.61 bits per heavy atom. The Hall–Kier alpha value is -3.52. The zero-order valence-electron chi connectivity index (χ0n) is 18.6. The lowest BCUT2D eigenvalue weighted by molar-refractivity contribution is -0.118. The average Bonchev–Trinajstić information content (AvgIpc) is 3.47. The first-order valence-corrected chi connectivity index (χ1v) is 11.7. The Balaban J connectivity index is 1.42. The summed E-state index contributed by atoms with van der Waals surface area (Å²) in [4.78, 5) is 12.6. The van der Waals surface area contributed by atoms with Crippen molar-refractivity contribution < 1.29 is 13.9 Å². The number of carbonyl (C=O) groups is 1. The molecule has 0 bridgehead atoms. The molecule has 0 spiro atoms. The molecule has 8 heteroatoms. The van der Waals surface area contributed by atoms with Gasteiger partial charge in [0.2, 0.25) is 11.7 Å². The van der Waals surface area contributed by atoms with E-state index >= 15 is 0 Å². The highest BCUT2D eigenvalue weighted by molar-refractivity contribution is 7.99. The summed E-state index contributed by atoms with van der Waals surface area (Å²) in [5.74, 6) is 2.18. The van der Waals surface area contributed by atoms with Crippen LogP contribution in [0.1, 0.15) is 25.0 Å². The summed E-state index contributed by atoms with van der Waals surface area (Å²) >= 11 is 1.35. The fourth-order valence-electron chi connectivity index (χ4n) is 3.29. The fourth-order valence-corrected chi connectivity index (χ4v) is 4.05. The third-order valence-corrected chi connectivity index (χ3v) is 5.75. The molecule has 1 N–H and O–H groups in total. The van der Waals surface area contributed by atoms with Gasteiger partial charge in [-0.2, -0.15) is 0 Å². The van der Waals surface area contributed by atoms with Crippen LogP contribution < -0.4 is 10.1 Å². The maximum absolute atomic E-state index is 12.6. The summed E-state index contributed by atoms with van der Waals surface area (Å²) in [6, 6.07) is 21.5. The first-order chi connectivity index (χ1) is 16.1. The number of para-hydroxylation sites is 1. The van der Waals surface area contributed by atoms with Crippen molar-refractivity contribution in [3.63, 3.8) is 0 Å². The number of rotatable bonds is 10. The van der Waals surface area contributed by atoms with Gasteiger partial charge in [0.15, 0.2) is 10.9 Å². The van der Waals surface area contributed by atoms with E-state index in [1.54, 1.807) is 6.26 Å². The minimum atomic E-state index is -0.0897. The van der Waals surface area contributed by atoms with E-state index in [0.717, 1.165) is 16.9 Å². The maximum Gasteiger partial charge on any atom is 0.230 e. The second-order valence-electron chi connectivity index (χ2n) is 7.69. The van der Waals surface area contributed by atoms with Crippen LogP contribution in [0.25, 0.3) is 11.6 Å². The first-order valence-electron chi connectivity index (χ1n) is 10.7. The standard InChI is InChI=1S/C25H26N4O3S/c1-18(2)32-21-12-7-6-11-20(21)15-26-23(30)17-33-25-28-27-24(22-13-8-14-31-22)29(25)16-19-9-4-3-5-10-19/h3-14,18H,15-17H2,1-2H3,(H,26,30). The molecule has 0 fully saturated rings. The molecule has 0 saturated heterocycles. The summed E-state index contributed by atoms with van der Waals surface area (Å²) in [5, 5.41) is 12.3. The molecule has 2 aromatic heterocycles. The van der Waals surface area contributed by atoms with Gasteiger partial charge in [-0.3, -0.25) is 9.36 Å². The molecule has 0 atom stereocenters. The van der Waals surface area contributed by atoms with Crippen LogP contribution in [0.15, 0.2) is 82.6 Å². The van der Waals surface area contributed by atoms with Crippen molar-refractivity contribution >= 4 is 17.7 Å². The van der Waals surface area contributed by atoms with E-state index in [1.807, 2.05) is 85.1 Å². The average molecular weight is 463 g/mol. The third-order valence-electron chi connectivity index (χ3n) is 4.79. The maximum atomic E-state index is 12.6. The van der Waals surface area contributed by atoms with Crippen LogP contribution >= 0.6 is 11.8 Å². The van der Waals surface area contributed by atoms with Crippen molar-refractivity contribution in [2.75, 3.05) is 5.75 Å². The van der Waals surface area contributed by atoms with Crippen LogP contribution in [0.4, 0.5) is 0 Å². The number of thioether (sulfide) groups is 1. The Labute approximate surface area is 197 Å². The second kappa shape index (κ2) is 10.9. The van der Waals surface area contributed by atoms with Gasteiger partial charge in [0.25, 0.3) is 0 Å². The molecule has 4 aromatic rings. The van der Waals surface area contributed by atoms with Crippen LogP contribution in [-0.2, 0) is 17.9 Å². The van der Waals surface area contributed by atoms with E-state index in [-0.39, 0.29) is 17.8 Å². The number of carbonyl (C=O) groups excluding carboxylic acids is 1. The number of aromatic nitrogens is 3. The minimum Gasteiger partial charge on any atom is -0.491 e. The van der Waals surface area contributed by atoms with E-state index in [4.69, 9.17) is 9.15 Å². The lowest BCUT2D eigenvalue weighted by Gasteiger charge is -2.14. The van der Waals surface area contributed by atoms with Crippen LogP contribution in [0.5, 0.6) is 5.75 Å². The molecule has 170 valence electrons. The number of benzene rings is 2. The van der Waals surface area contributed by atoms with Crippen molar-refractivity contribution in [1.29, 1.82) is 0 Å². The highest BCUT2D eigenvalue weighted by Crippen LogP contribution is 2.25. The van der Waals surface area contributed by atoms with Crippen molar-refractivity contribution in [3.8, 4) is 17.3 Å². The Morgan fingerprint density at radius 2 is 1.85 bits per heavy atom. The Bertz CT molecular complexity index is 1170. The molecule has 0 aliphatic carbocycles. The van der Waals surface area contributed by atoms with E-state index < -0.39 is 0 Å². The second-order valence-corrected chi connectivity index (χ2v) is 8.64. The van der Waals surface area contributed by atoms with Crippen LogP contribution in [0.3, 0.4) is 0 Å². The smallest absolute Gasteiger partial charge is 0.230 e. The van der Waals surface area contributed by atoms with Gasteiger partial charge in [-0.15, -0.1) is 10.2 Å². The molecule has 2 aromatic carbocycles. The molecule has 0 unspecified atom stereocenters. The van der Waals surface area contributed by atoms with Gasteiger partial charge in [-0.1, -0.05) is 60.3 Å². The Morgan fingerprint density at radius 1 is 1.06 bits per heavy atom. The SMILES string of the molecule is CC(C)Oc1ccccc1CNC(=O)CSc1nnc(-c2ccco2)n1Cc1ccccc1. The summed E-state index contributed by atoms with van der Waals surface area (Å²) < 4.78 is 13.3. The summed E-state index contributed by atoms with van der Waals surface area (Å²) in [6.07, 6.45) is 1.68. The van der Waals surface area contributed by atoms with Gasteiger partial charge < -0.3 is 14.5 Å². The predicted molar refractivity (Wildman–Crippen MR) is 128 cm³/mol. The van der Waals surface area contributed by atoms with Crippen LogP contribution in [-0.4, -0.2) is 32.5 Å². The third kappa shape index (κ3) is 6.04. The quantitative estimate of drug-likeness (QED) is 0.342. The number of nitrogens with zero attached hydrogens (tertiary/aromatic N) is 3. The van der Waals surface area contributed by atoms with Crippen molar-refractivity contribution in [3.05, 3.63) is 84.1 Å². The molecule has 2 heterocycles. The molecule has 0 aliphatic rings. The van der Waals surface area contributed by atoms with Gasteiger partial charge >= 0.3 is 0 Å². The zero-order valence-corrected chi connectivity index (χ0v) is 19.4. The molecule has 1 amide bonds. The van der Waals surface area contributed by atoms with E-state index in [0.29, 0.717) is 29.8 Å². The molecule has 4 rings (SSSR count). The Kier molecular flexibility index (Phi) is 7.47. The molecule has 0 aliphatic heterocycles. The van der Waals surface area contributed by atoms with Gasteiger partial charge in [0, 0.05) is 12.1 Å². The molecular weight excluding hydrogens is 436 g/mol. The van der Waals surface area contributed by atoms with Gasteiger partial charge in [0.05, 0.1) is 24.7 Å². The van der Waals surface area contributed by atoms with Gasteiger partial charge in [-0.25, -0.2) is 0 Å². The summed E-state index contributed by atoms with van der Waals surface area (Å²) in [7, 11) is 0. The number of ether oxygens (including phenoxy) is 1. The van der Waals surface area contributed by atoms with Crippen LogP contribution in [0, 0.1) is 0 Å². The highest BCUT2D eigenvalue weighted by atomic mass is 32.2. The van der Waals surface area contributed by atoms with Crippen LogP contribution in [0.2, 0.25) is 0 Å². The fraction of sp³-hybridized carbons (Fsp3) is 0.240. The number of amides is 1. The molecule has 7 nitrogen and oxygen atoms in total. The monoisotopic (exact) mass is 462 g/mol. The van der Waals surface area contributed by atoms with E-state index in [1.165, 1.54) is 11.8 Å². The number of hydrogen-bond acceptors (Lipinski definition) is 6. The predicted octanol–water partition coefficient (Wildman–Crippen LogP) is 4.78. The molecular formula is C25H26N4O3S. The van der Waals surface area contributed by atoms with Crippen molar-refractivity contribution in [2.24, 2.45) is 0 Å². The lowest BCUT2D eigenvalue weighted by Crippen LogP contribution is -2.25. The van der Waals surface area contributed by atoms with E-state index in [9.17, 15) is 4.79 Å². The zero-order chi connectivity index (χ0) is 23.0. The summed E-state index contributed by atoms with van der Waals surface area (Å²) in [5.41, 5.74) is 2.05. The van der Waals surface area contributed by atoms with Gasteiger partial charge in [0.1, 0.15) is 5.75 Å². The number of hydrogen-bond donors (Lipinski definition) is 1. The number of furan rings is 1. The number of nitrogens with one attached hydrogen (secondary N) is 1. The lowest BCUT2D eigenvalue weighted by atomic mass is 10.2. The van der Waals surface area contributed by atoms with Crippen molar-refractivity contribution in [1.82, 2.24) is 20.1 Å². The van der Waals surface area contributed by atoms with E-state index in [2.05, 4.69) is 15.5 Å². The summed E-state index contributed by atoms with van der Waals surface area (Å²) in [6.45, 7) is 4.94. The first kappa shape index (κ1) is 22.7. The minimum absolute atomic E-state index is 0.0664. The van der Waals surface area contributed by atoms with Crippen molar-refractivity contribution in [2.45, 2.75) is 38.2 Å². The highest BCUT2D eigenvalue weighted by Gasteiger charge is 2.18. The normalized spacial score (nSPS) is 11.0. The topological polar surface area (TPSA) is 82.2 Å². The molecule has 0 radical (unpaired) electrons. The van der Waals surface area contributed by atoms with Gasteiger partial charge in [-0.05, 0) is 37.6 Å². The molecule has 33 heavy (non-hydrogen) atoms. The molecule has 0 saturated carbocycles.